The normalized spacial score (nSPS) is 19.4. The van der Waals surface area contributed by atoms with E-state index >= 15 is 0 Å². The average Bonchev–Trinajstić information content (AvgIpc) is 2.39. The van der Waals surface area contributed by atoms with Crippen LogP contribution >= 0.6 is 0 Å². The molecule has 6 heteroatoms. The fourth-order valence-corrected chi connectivity index (χ4v) is 1.86. The van der Waals surface area contributed by atoms with Gasteiger partial charge in [-0.2, -0.15) is 0 Å². The Labute approximate surface area is 138 Å². The minimum atomic E-state index is -0.465. The number of rotatable bonds is 4. The summed E-state index contributed by atoms with van der Waals surface area (Å²) in [6.45, 7) is 9.01. The van der Waals surface area contributed by atoms with Gasteiger partial charge in [-0.05, 0) is 33.6 Å². The molecule has 0 aliphatic heterocycles. The van der Waals surface area contributed by atoms with Crippen LogP contribution in [0.15, 0.2) is 0 Å². The summed E-state index contributed by atoms with van der Waals surface area (Å²) in [6, 6.07) is 0. The van der Waals surface area contributed by atoms with E-state index in [4.69, 9.17) is 10.5 Å². The molecule has 1 amide bonds. The van der Waals surface area contributed by atoms with Crippen LogP contribution in [0.4, 0.5) is 0 Å². The second-order valence-electron chi connectivity index (χ2n) is 7.05. The summed E-state index contributed by atoms with van der Waals surface area (Å²) in [5.74, 6) is -0.589. The van der Waals surface area contributed by atoms with Crippen LogP contribution in [0.1, 0.15) is 66.7 Å². The van der Waals surface area contributed by atoms with Gasteiger partial charge in [-0.25, -0.2) is 0 Å². The van der Waals surface area contributed by atoms with Crippen molar-refractivity contribution in [2.24, 2.45) is 17.6 Å². The first-order valence-corrected chi connectivity index (χ1v) is 7.98. The molecule has 0 radical (unpaired) electrons. The smallest absolute Gasteiger partial charge is 0.306 e. The second kappa shape index (κ2) is 9.43. The number of hydrogen-bond acceptors (Lipinski definition) is 5. The molecule has 0 spiro atoms. The summed E-state index contributed by atoms with van der Waals surface area (Å²) in [6.07, 6.45) is 2.23. The van der Waals surface area contributed by atoms with Gasteiger partial charge in [0.25, 0.3) is 0 Å². The van der Waals surface area contributed by atoms with E-state index in [-0.39, 0.29) is 48.1 Å². The summed E-state index contributed by atoms with van der Waals surface area (Å²) in [7, 11) is 0. The van der Waals surface area contributed by atoms with Crippen LogP contribution in [-0.4, -0.2) is 29.0 Å². The Bertz CT molecular complexity index is 450. The van der Waals surface area contributed by atoms with Gasteiger partial charge in [0.1, 0.15) is 17.2 Å². The number of carbonyl (C=O) groups is 4. The first-order valence-electron chi connectivity index (χ1n) is 7.98. The Morgan fingerprint density at radius 1 is 1.30 bits per heavy atom. The molecule has 1 aliphatic rings. The predicted octanol–water partition coefficient (Wildman–Crippen LogP) is 2.17. The predicted molar refractivity (Wildman–Crippen MR) is 86.5 cm³/mol. The molecule has 0 saturated heterocycles. The van der Waals surface area contributed by atoms with Gasteiger partial charge in [-0.1, -0.05) is 13.8 Å². The van der Waals surface area contributed by atoms with Crippen molar-refractivity contribution < 1.29 is 23.9 Å². The SMILES string of the molecule is CC(CCC(=O)OC(C)(C)C)C(N)=O.C[C@H]1CCC(=O)CC1=O. The first-order chi connectivity index (χ1) is 10.4. The number of esters is 1. The molecular formula is C17H29NO5. The van der Waals surface area contributed by atoms with Crippen molar-refractivity contribution >= 4 is 23.4 Å². The minimum absolute atomic E-state index is 0.109. The van der Waals surface area contributed by atoms with Crippen LogP contribution in [0.2, 0.25) is 0 Å². The number of amides is 1. The van der Waals surface area contributed by atoms with Gasteiger partial charge in [-0.15, -0.1) is 0 Å². The zero-order valence-electron chi connectivity index (χ0n) is 14.8. The molecule has 1 fully saturated rings. The van der Waals surface area contributed by atoms with Crippen LogP contribution in [0.5, 0.6) is 0 Å². The second-order valence-corrected chi connectivity index (χ2v) is 7.05. The van der Waals surface area contributed by atoms with E-state index in [1.807, 2.05) is 27.7 Å². The van der Waals surface area contributed by atoms with Gasteiger partial charge in [0.2, 0.25) is 5.91 Å². The molecular weight excluding hydrogens is 298 g/mol. The highest BCUT2D eigenvalue weighted by Crippen LogP contribution is 2.16. The van der Waals surface area contributed by atoms with Gasteiger partial charge < -0.3 is 10.5 Å². The van der Waals surface area contributed by atoms with Crippen LogP contribution in [-0.2, 0) is 23.9 Å². The summed E-state index contributed by atoms with van der Waals surface area (Å²) in [5.41, 5.74) is 4.59. The summed E-state index contributed by atoms with van der Waals surface area (Å²) < 4.78 is 5.08. The van der Waals surface area contributed by atoms with E-state index in [1.165, 1.54) is 0 Å². The lowest BCUT2D eigenvalue weighted by Crippen LogP contribution is -2.25. The Hall–Kier alpha value is -1.72. The topological polar surface area (TPSA) is 104 Å². The molecule has 0 bridgehead atoms. The van der Waals surface area contributed by atoms with Crippen molar-refractivity contribution in [2.45, 2.75) is 72.3 Å². The Balaban J connectivity index is 0.000000459. The summed E-state index contributed by atoms with van der Waals surface area (Å²) in [5, 5.41) is 0. The first kappa shape index (κ1) is 21.3. The van der Waals surface area contributed by atoms with Crippen LogP contribution in [0, 0.1) is 11.8 Å². The highest BCUT2D eigenvalue weighted by Gasteiger charge is 2.22. The lowest BCUT2D eigenvalue weighted by molar-refractivity contribution is -0.155. The number of hydrogen-bond donors (Lipinski definition) is 1. The van der Waals surface area contributed by atoms with Crippen molar-refractivity contribution in [3.63, 3.8) is 0 Å². The number of ether oxygens (including phenoxy) is 1. The maximum absolute atomic E-state index is 11.2. The van der Waals surface area contributed by atoms with Crippen molar-refractivity contribution in [3.8, 4) is 0 Å². The van der Waals surface area contributed by atoms with Crippen molar-refractivity contribution in [2.75, 3.05) is 0 Å². The van der Waals surface area contributed by atoms with Gasteiger partial charge in [0.15, 0.2) is 0 Å². The Morgan fingerprint density at radius 2 is 1.87 bits per heavy atom. The lowest BCUT2D eigenvalue weighted by Gasteiger charge is -2.19. The minimum Gasteiger partial charge on any atom is -0.460 e. The maximum Gasteiger partial charge on any atom is 0.306 e. The molecule has 0 aromatic rings. The van der Waals surface area contributed by atoms with E-state index in [2.05, 4.69) is 0 Å². The number of nitrogens with two attached hydrogens (primary N) is 1. The third kappa shape index (κ3) is 10.6. The molecule has 0 aromatic carbocycles. The molecule has 2 N–H and O–H groups in total. The van der Waals surface area contributed by atoms with Crippen molar-refractivity contribution in [1.82, 2.24) is 0 Å². The fraction of sp³-hybridized carbons (Fsp3) is 0.765. The molecule has 132 valence electrons. The molecule has 0 aromatic heterocycles. The van der Waals surface area contributed by atoms with E-state index in [1.54, 1.807) is 6.92 Å². The molecule has 1 rings (SSSR count). The van der Waals surface area contributed by atoms with E-state index in [0.717, 1.165) is 6.42 Å². The van der Waals surface area contributed by atoms with E-state index in [9.17, 15) is 19.2 Å². The summed E-state index contributed by atoms with van der Waals surface area (Å²) >= 11 is 0. The van der Waals surface area contributed by atoms with Crippen LogP contribution < -0.4 is 5.73 Å². The Kier molecular flexibility index (Phi) is 8.72. The zero-order valence-corrected chi connectivity index (χ0v) is 14.8. The number of carbonyl (C=O) groups excluding carboxylic acids is 4. The van der Waals surface area contributed by atoms with E-state index < -0.39 is 5.60 Å². The average molecular weight is 327 g/mol. The third-order valence-electron chi connectivity index (χ3n) is 3.46. The molecule has 1 saturated carbocycles. The van der Waals surface area contributed by atoms with Crippen LogP contribution in [0.25, 0.3) is 0 Å². The molecule has 6 nitrogen and oxygen atoms in total. The molecule has 23 heavy (non-hydrogen) atoms. The van der Waals surface area contributed by atoms with Gasteiger partial charge >= 0.3 is 5.97 Å². The molecule has 0 heterocycles. The summed E-state index contributed by atoms with van der Waals surface area (Å²) in [4.78, 5) is 43.3. The monoisotopic (exact) mass is 327 g/mol. The standard InChI is InChI=1S/C10H19NO3.C7H10O2/c1-7(9(11)13)5-6-8(12)14-10(2,3)4;1-5-2-3-6(8)4-7(5)9/h7H,5-6H2,1-4H3,(H2,11,13);5H,2-4H2,1H3/t;5-/m.0/s1. The molecule has 1 unspecified atom stereocenters. The number of primary amides is 1. The highest BCUT2D eigenvalue weighted by atomic mass is 16.6. The van der Waals surface area contributed by atoms with Gasteiger partial charge in [0, 0.05) is 24.7 Å². The number of Topliss-reactive ketones (excluding diaryl/α,β-unsaturated/α-hetero) is 2. The van der Waals surface area contributed by atoms with E-state index in [0.29, 0.717) is 12.8 Å². The maximum atomic E-state index is 11.2. The number of ketones is 2. The van der Waals surface area contributed by atoms with Crippen molar-refractivity contribution in [3.05, 3.63) is 0 Å². The Morgan fingerprint density at radius 3 is 2.26 bits per heavy atom. The van der Waals surface area contributed by atoms with Crippen molar-refractivity contribution in [1.29, 1.82) is 0 Å². The fourth-order valence-electron chi connectivity index (χ4n) is 1.86. The lowest BCUT2D eigenvalue weighted by atomic mass is 9.89. The largest absolute Gasteiger partial charge is 0.460 e. The van der Waals surface area contributed by atoms with Gasteiger partial charge in [-0.3, -0.25) is 19.2 Å². The van der Waals surface area contributed by atoms with Gasteiger partial charge in [0.05, 0.1) is 6.42 Å². The van der Waals surface area contributed by atoms with Crippen LogP contribution in [0.3, 0.4) is 0 Å². The quantitative estimate of drug-likeness (QED) is 0.629. The highest BCUT2D eigenvalue weighted by molar-refractivity contribution is 6.02. The molecule has 2 atom stereocenters. The molecule has 1 aliphatic carbocycles. The third-order valence-corrected chi connectivity index (χ3v) is 3.46. The zero-order chi connectivity index (χ0) is 18.2.